The van der Waals surface area contributed by atoms with Crippen LogP contribution >= 0.6 is 0 Å². The first-order chi connectivity index (χ1) is 12.3. The van der Waals surface area contributed by atoms with Gasteiger partial charge in [0.15, 0.2) is 6.04 Å². The van der Waals surface area contributed by atoms with Crippen LogP contribution in [0.15, 0.2) is 24.5 Å². The van der Waals surface area contributed by atoms with Crippen molar-refractivity contribution >= 4 is 12.1 Å². The molecule has 1 aromatic rings. The third-order valence-corrected chi connectivity index (χ3v) is 4.78. The van der Waals surface area contributed by atoms with E-state index in [-0.39, 0.29) is 6.10 Å². The quantitative estimate of drug-likeness (QED) is 0.829. The van der Waals surface area contributed by atoms with Crippen molar-refractivity contribution in [2.45, 2.75) is 51.4 Å². The van der Waals surface area contributed by atoms with Gasteiger partial charge in [-0.3, -0.25) is 9.88 Å². The molecule has 142 valence electrons. The summed E-state index contributed by atoms with van der Waals surface area (Å²) in [6.45, 7) is 8.23. The van der Waals surface area contributed by atoms with Crippen LogP contribution in [-0.2, 0) is 14.3 Å². The molecule has 0 radical (unpaired) electrons. The average molecular weight is 361 g/mol. The summed E-state index contributed by atoms with van der Waals surface area (Å²) in [4.78, 5) is 31.4. The van der Waals surface area contributed by atoms with Gasteiger partial charge in [-0.1, -0.05) is 6.07 Å². The second kappa shape index (κ2) is 7.61. The van der Waals surface area contributed by atoms with Gasteiger partial charge in [0.1, 0.15) is 11.7 Å². The van der Waals surface area contributed by atoms with Gasteiger partial charge in [0.2, 0.25) is 0 Å². The number of amides is 1. The van der Waals surface area contributed by atoms with Gasteiger partial charge in [0.05, 0.1) is 0 Å². The number of esters is 1. The normalized spacial score (nSPS) is 26.0. The fraction of sp³-hybridized carbons (Fsp3) is 0.632. The van der Waals surface area contributed by atoms with E-state index in [0.717, 1.165) is 32.5 Å². The minimum atomic E-state index is -0.936. The SMILES string of the molecule is CC(C)(C)OC(=O)NC(C(=O)O[C@H]1CN2CCC1CC2)c1cccnc1. The van der Waals surface area contributed by atoms with E-state index in [0.29, 0.717) is 11.5 Å². The van der Waals surface area contributed by atoms with Gasteiger partial charge >= 0.3 is 12.1 Å². The van der Waals surface area contributed by atoms with E-state index in [9.17, 15) is 9.59 Å². The molecule has 1 aromatic heterocycles. The number of alkyl carbamates (subject to hydrolysis) is 1. The van der Waals surface area contributed by atoms with Crippen LogP contribution in [0, 0.1) is 5.92 Å². The van der Waals surface area contributed by atoms with Crippen molar-refractivity contribution in [3.05, 3.63) is 30.1 Å². The van der Waals surface area contributed by atoms with E-state index in [2.05, 4.69) is 15.2 Å². The number of hydrogen-bond donors (Lipinski definition) is 1. The summed E-state index contributed by atoms with van der Waals surface area (Å²) in [5, 5.41) is 2.63. The highest BCUT2D eigenvalue weighted by Gasteiger charge is 2.38. The largest absolute Gasteiger partial charge is 0.459 e. The minimum Gasteiger partial charge on any atom is -0.459 e. The Kier molecular flexibility index (Phi) is 5.46. The Bertz CT molecular complexity index is 636. The first kappa shape index (κ1) is 18.6. The van der Waals surface area contributed by atoms with E-state index in [1.807, 2.05) is 0 Å². The number of fused-ring (bicyclic) bond motifs is 3. The molecule has 1 amide bonds. The molecular weight excluding hydrogens is 334 g/mol. The molecule has 0 spiro atoms. The van der Waals surface area contributed by atoms with E-state index in [4.69, 9.17) is 9.47 Å². The molecule has 3 aliphatic heterocycles. The summed E-state index contributed by atoms with van der Waals surface area (Å²) in [6.07, 6.45) is 4.50. The van der Waals surface area contributed by atoms with Crippen LogP contribution in [0.25, 0.3) is 0 Å². The number of ether oxygens (including phenoxy) is 2. The Labute approximate surface area is 154 Å². The molecular formula is C19H27N3O4. The molecule has 2 atom stereocenters. The zero-order valence-corrected chi connectivity index (χ0v) is 15.6. The van der Waals surface area contributed by atoms with Crippen LogP contribution in [-0.4, -0.2) is 53.3 Å². The molecule has 0 aromatic carbocycles. The van der Waals surface area contributed by atoms with Crippen molar-refractivity contribution < 1.29 is 19.1 Å². The van der Waals surface area contributed by atoms with Gasteiger partial charge < -0.3 is 14.8 Å². The number of aromatic nitrogens is 1. The number of carbonyl (C=O) groups is 2. The van der Waals surface area contributed by atoms with Crippen LogP contribution < -0.4 is 5.32 Å². The van der Waals surface area contributed by atoms with E-state index < -0.39 is 23.7 Å². The molecule has 0 saturated carbocycles. The van der Waals surface area contributed by atoms with Gasteiger partial charge in [-0.25, -0.2) is 9.59 Å². The molecule has 4 heterocycles. The maximum absolute atomic E-state index is 12.9. The lowest BCUT2D eigenvalue weighted by atomic mass is 9.86. The first-order valence-electron chi connectivity index (χ1n) is 9.14. The molecule has 4 rings (SSSR count). The number of carbonyl (C=O) groups excluding carboxylic acids is 2. The Morgan fingerprint density at radius 3 is 2.58 bits per heavy atom. The number of nitrogens with zero attached hydrogens (tertiary/aromatic N) is 2. The Balaban J connectivity index is 1.70. The summed E-state index contributed by atoms with van der Waals surface area (Å²) < 4.78 is 11.1. The molecule has 3 saturated heterocycles. The lowest BCUT2D eigenvalue weighted by molar-refractivity contribution is -0.161. The molecule has 3 fully saturated rings. The predicted molar refractivity (Wildman–Crippen MR) is 95.4 cm³/mol. The van der Waals surface area contributed by atoms with Crippen LogP contribution in [0.5, 0.6) is 0 Å². The van der Waals surface area contributed by atoms with Crippen LogP contribution in [0.2, 0.25) is 0 Å². The number of pyridine rings is 1. The molecule has 2 bridgehead atoms. The van der Waals surface area contributed by atoms with Gasteiger partial charge in [0.25, 0.3) is 0 Å². The second-order valence-corrected chi connectivity index (χ2v) is 7.98. The number of piperidine rings is 3. The van der Waals surface area contributed by atoms with Gasteiger partial charge in [-0.15, -0.1) is 0 Å². The second-order valence-electron chi connectivity index (χ2n) is 7.98. The zero-order valence-electron chi connectivity index (χ0n) is 15.6. The molecule has 3 aliphatic rings. The van der Waals surface area contributed by atoms with E-state index in [1.165, 1.54) is 0 Å². The average Bonchev–Trinajstić information content (AvgIpc) is 2.60. The lowest BCUT2D eigenvalue weighted by Crippen LogP contribution is -2.52. The van der Waals surface area contributed by atoms with Crippen molar-refractivity contribution in [1.29, 1.82) is 0 Å². The molecule has 26 heavy (non-hydrogen) atoms. The van der Waals surface area contributed by atoms with E-state index in [1.54, 1.807) is 45.3 Å². The summed E-state index contributed by atoms with van der Waals surface area (Å²) in [5.74, 6) is -0.0670. The maximum Gasteiger partial charge on any atom is 0.408 e. The van der Waals surface area contributed by atoms with E-state index >= 15 is 0 Å². The molecule has 1 unspecified atom stereocenters. The Morgan fingerprint density at radius 2 is 2.04 bits per heavy atom. The summed E-state index contributed by atoms with van der Waals surface area (Å²) in [6, 6.07) is 2.53. The van der Waals surface area contributed by atoms with Crippen molar-refractivity contribution in [3.8, 4) is 0 Å². The number of hydrogen-bond acceptors (Lipinski definition) is 6. The monoisotopic (exact) mass is 361 g/mol. The minimum absolute atomic E-state index is 0.121. The molecule has 7 heteroatoms. The van der Waals surface area contributed by atoms with Crippen LogP contribution in [0.1, 0.15) is 45.2 Å². The van der Waals surface area contributed by atoms with Crippen LogP contribution in [0.3, 0.4) is 0 Å². The van der Waals surface area contributed by atoms with Gasteiger partial charge in [-0.05, 0) is 58.7 Å². The third-order valence-electron chi connectivity index (χ3n) is 4.78. The summed E-state index contributed by atoms with van der Waals surface area (Å²) in [5.41, 5.74) is -0.0758. The van der Waals surface area contributed by atoms with Crippen molar-refractivity contribution in [2.24, 2.45) is 5.92 Å². The number of nitrogens with one attached hydrogen (secondary N) is 1. The Morgan fingerprint density at radius 1 is 1.31 bits per heavy atom. The lowest BCUT2D eigenvalue weighted by Gasteiger charge is -2.44. The fourth-order valence-electron chi connectivity index (χ4n) is 3.51. The highest BCUT2D eigenvalue weighted by atomic mass is 16.6. The topological polar surface area (TPSA) is 80.8 Å². The number of rotatable bonds is 4. The third kappa shape index (κ3) is 4.72. The summed E-state index contributed by atoms with van der Waals surface area (Å²) in [7, 11) is 0. The van der Waals surface area contributed by atoms with Crippen molar-refractivity contribution in [1.82, 2.24) is 15.2 Å². The van der Waals surface area contributed by atoms with Gasteiger partial charge in [-0.2, -0.15) is 0 Å². The molecule has 1 N–H and O–H groups in total. The summed E-state index contributed by atoms with van der Waals surface area (Å²) >= 11 is 0. The maximum atomic E-state index is 12.9. The zero-order chi connectivity index (χ0) is 18.7. The van der Waals surface area contributed by atoms with Gasteiger partial charge in [0, 0.05) is 24.5 Å². The highest BCUT2D eigenvalue weighted by Crippen LogP contribution is 2.30. The standard InChI is InChI=1S/C19H27N3O4/c1-19(2,3)26-18(24)21-16(14-5-4-8-20-11-14)17(23)25-15-12-22-9-6-13(15)7-10-22/h4-5,8,11,13,15-16H,6-7,9-10,12H2,1-3H3,(H,21,24)/t15-,16?/m0/s1. The van der Waals surface area contributed by atoms with Crippen LogP contribution in [0.4, 0.5) is 4.79 Å². The first-order valence-corrected chi connectivity index (χ1v) is 9.14. The molecule has 7 nitrogen and oxygen atoms in total. The Hall–Kier alpha value is -2.15. The fourth-order valence-corrected chi connectivity index (χ4v) is 3.51. The van der Waals surface area contributed by atoms with Crippen molar-refractivity contribution in [2.75, 3.05) is 19.6 Å². The van der Waals surface area contributed by atoms with Crippen molar-refractivity contribution in [3.63, 3.8) is 0 Å². The highest BCUT2D eigenvalue weighted by molar-refractivity contribution is 5.83. The smallest absolute Gasteiger partial charge is 0.408 e. The molecule has 0 aliphatic carbocycles. The predicted octanol–water partition coefficient (Wildman–Crippen LogP) is 2.28.